The van der Waals surface area contributed by atoms with E-state index in [9.17, 15) is 0 Å². The van der Waals surface area contributed by atoms with Gasteiger partial charge in [-0.2, -0.15) is 0 Å². The molecule has 0 saturated heterocycles. The predicted molar refractivity (Wildman–Crippen MR) is 119 cm³/mol. The van der Waals surface area contributed by atoms with Crippen LogP contribution in [0.25, 0.3) is 0 Å². The number of rotatable bonds is 24. The third kappa shape index (κ3) is 25.6. The molecule has 4 nitrogen and oxygen atoms in total. The maximum Gasteiger partial charge on any atom is 0.0701 e. The Hall–Kier alpha value is -0.420. The molecule has 0 amide bonds. The highest BCUT2D eigenvalue weighted by Crippen LogP contribution is 2.09. The summed E-state index contributed by atoms with van der Waals surface area (Å²) in [5.74, 6) is 0. The summed E-state index contributed by atoms with van der Waals surface area (Å²) in [6.07, 6.45) is 23.4. The van der Waals surface area contributed by atoms with Crippen molar-refractivity contribution in [1.82, 2.24) is 0 Å². The normalized spacial score (nSPS) is 11.6. The van der Waals surface area contributed by atoms with Gasteiger partial charge < -0.3 is 19.3 Å². The number of hydrogen-bond donors (Lipinski definition) is 1. The molecule has 0 aromatic rings. The molecule has 4 heteroatoms. The molecular formula is C24H48O4. The van der Waals surface area contributed by atoms with Crippen LogP contribution in [0.4, 0.5) is 0 Å². The third-order valence-corrected chi connectivity index (χ3v) is 4.78. The van der Waals surface area contributed by atoms with Crippen molar-refractivity contribution in [1.29, 1.82) is 0 Å². The van der Waals surface area contributed by atoms with Crippen LogP contribution in [0.5, 0.6) is 0 Å². The fraction of sp³-hybridized carbons (Fsp3) is 0.917. The SMILES string of the molecule is CCCCCCCCC=CCCCCCCCCOCCOCCOCCO. The van der Waals surface area contributed by atoms with E-state index in [-0.39, 0.29) is 6.61 Å². The zero-order chi connectivity index (χ0) is 20.4. The smallest absolute Gasteiger partial charge is 0.0701 e. The van der Waals surface area contributed by atoms with Crippen LogP contribution in [0.15, 0.2) is 12.2 Å². The van der Waals surface area contributed by atoms with Gasteiger partial charge in [-0.1, -0.05) is 76.9 Å². The predicted octanol–water partition coefficient (Wildman–Crippen LogP) is 6.07. The maximum absolute atomic E-state index is 8.56. The molecule has 0 bridgehead atoms. The number of hydrogen-bond acceptors (Lipinski definition) is 4. The molecule has 0 aliphatic heterocycles. The molecule has 0 spiro atoms. The van der Waals surface area contributed by atoms with Gasteiger partial charge in [0, 0.05) is 6.61 Å². The average molecular weight is 401 g/mol. The first kappa shape index (κ1) is 27.6. The van der Waals surface area contributed by atoms with E-state index in [1.165, 1.54) is 83.5 Å². The summed E-state index contributed by atoms with van der Waals surface area (Å²) in [4.78, 5) is 0. The van der Waals surface area contributed by atoms with Crippen molar-refractivity contribution in [3.05, 3.63) is 12.2 Å². The van der Waals surface area contributed by atoms with Crippen molar-refractivity contribution < 1.29 is 19.3 Å². The van der Waals surface area contributed by atoms with Gasteiger partial charge >= 0.3 is 0 Å². The Balaban J connectivity index is 3.03. The number of unbranched alkanes of at least 4 members (excludes halogenated alkanes) is 12. The lowest BCUT2D eigenvalue weighted by Crippen LogP contribution is -2.11. The highest BCUT2D eigenvalue weighted by Gasteiger charge is 1.94. The van der Waals surface area contributed by atoms with Crippen molar-refractivity contribution in [2.75, 3.05) is 46.2 Å². The van der Waals surface area contributed by atoms with Crippen molar-refractivity contribution in [2.45, 2.75) is 96.8 Å². The van der Waals surface area contributed by atoms with Crippen LogP contribution in [-0.4, -0.2) is 51.4 Å². The number of aliphatic hydroxyl groups excluding tert-OH is 1. The summed E-state index contributed by atoms with van der Waals surface area (Å²) in [7, 11) is 0. The van der Waals surface area contributed by atoms with Crippen LogP contribution in [0.2, 0.25) is 0 Å². The zero-order valence-corrected chi connectivity index (χ0v) is 18.7. The average Bonchev–Trinajstić information content (AvgIpc) is 2.71. The molecule has 0 rings (SSSR count). The number of aliphatic hydroxyl groups is 1. The molecule has 0 unspecified atom stereocenters. The first-order valence-electron chi connectivity index (χ1n) is 11.9. The second kappa shape index (κ2) is 26.6. The van der Waals surface area contributed by atoms with Gasteiger partial charge in [-0.05, 0) is 32.1 Å². The van der Waals surface area contributed by atoms with Gasteiger partial charge in [-0.25, -0.2) is 0 Å². The van der Waals surface area contributed by atoms with E-state index in [2.05, 4.69) is 19.1 Å². The summed E-state index contributed by atoms with van der Waals surface area (Å²) < 4.78 is 16.0. The minimum Gasteiger partial charge on any atom is -0.394 e. The van der Waals surface area contributed by atoms with E-state index in [4.69, 9.17) is 19.3 Å². The minimum absolute atomic E-state index is 0.0689. The lowest BCUT2D eigenvalue weighted by atomic mass is 10.1. The van der Waals surface area contributed by atoms with Crippen LogP contribution in [0.1, 0.15) is 96.8 Å². The van der Waals surface area contributed by atoms with Crippen LogP contribution < -0.4 is 0 Å². The maximum atomic E-state index is 8.56. The third-order valence-electron chi connectivity index (χ3n) is 4.78. The van der Waals surface area contributed by atoms with Crippen molar-refractivity contribution in [2.24, 2.45) is 0 Å². The first-order valence-corrected chi connectivity index (χ1v) is 11.9. The molecule has 28 heavy (non-hydrogen) atoms. The molecular weight excluding hydrogens is 352 g/mol. The molecule has 0 saturated carbocycles. The molecule has 168 valence electrons. The highest BCUT2D eigenvalue weighted by molar-refractivity contribution is 4.81. The Kier molecular flexibility index (Phi) is 26.2. The van der Waals surface area contributed by atoms with Crippen LogP contribution >= 0.6 is 0 Å². The summed E-state index contributed by atoms with van der Waals surface area (Å²) in [6, 6.07) is 0. The van der Waals surface area contributed by atoms with Gasteiger partial charge in [-0.3, -0.25) is 0 Å². The van der Waals surface area contributed by atoms with E-state index in [0.29, 0.717) is 33.0 Å². The van der Waals surface area contributed by atoms with Crippen LogP contribution in [0, 0.1) is 0 Å². The molecule has 1 N–H and O–H groups in total. The molecule has 0 heterocycles. The van der Waals surface area contributed by atoms with E-state index in [1.807, 2.05) is 0 Å². The van der Waals surface area contributed by atoms with Crippen molar-refractivity contribution in [3.8, 4) is 0 Å². The van der Waals surface area contributed by atoms with Gasteiger partial charge in [0.15, 0.2) is 0 Å². The van der Waals surface area contributed by atoms with E-state index >= 15 is 0 Å². The zero-order valence-electron chi connectivity index (χ0n) is 18.7. The second-order valence-electron chi connectivity index (χ2n) is 7.50. The Labute approximate surface area is 175 Å². The molecule has 0 aromatic carbocycles. The summed E-state index contributed by atoms with van der Waals surface area (Å²) in [6.45, 7) is 5.95. The van der Waals surface area contributed by atoms with Crippen molar-refractivity contribution >= 4 is 0 Å². The lowest BCUT2D eigenvalue weighted by molar-refractivity contribution is 0.00719. The Bertz CT molecular complexity index is 294. The van der Waals surface area contributed by atoms with Crippen LogP contribution in [-0.2, 0) is 14.2 Å². The molecule has 0 aromatic heterocycles. The molecule has 0 radical (unpaired) electrons. The van der Waals surface area contributed by atoms with Gasteiger partial charge in [0.2, 0.25) is 0 Å². The van der Waals surface area contributed by atoms with Gasteiger partial charge in [0.25, 0.3) is 0 Å². The van der Waals surface area contributed by atoms with Crippen molar-refractivity contribution in [3.63, 3.8) is 0 Å². The summed E-state index contributed by atoms with van der Waals surface area (Å²) in [5, 5.41) is 8.56. The van der Waals surface area contributed by atoms with Gasteiger partial charge in [0.1, 0.15) is 0 Å². The van der Waals surface area contributed by atoms with E-state index in [0.717, 1.165) is 13.0 Å². The van der Waals surface area contributed by atoms with E-state index in [1.54, 1.807) is 0 Å². The summed E-state index contributed by atoms with van der Waals surface area (Å²) in [5.41, 5.74) is 0. The largest absolute Gasteiger partial charge is 0.394 e. The Morgan fingerprint density at radius 2 is 0.929 bits per heavy atom. The van der Waals surface area contributed by atoms with Gasteiger partial charge in [0.05, 0.1) is 39.6 Å². The van der Waals surface area contributed by atoms with Gasteiger partial charge in [-0.15, -0.1) is 0 Å². The standard InChI is InChI=1S/C24H48O4/c1-2-3-4-5-6-7-8-9-10-11-12-13-14-15-16-17-19-26-21-23-28-24-22-27-20-18-25/h9-10,25H,2-8,11-24H2,1H3. The molecule has 0 fully saturated rings. The number of ether oxygens (including phenoxy) is 3. The lowest BCUT2D eigenvalue weighted by Gasteiger charge is -2.06. The monoisotopic (exact) mass is 400 g/mol. The Morgan fingerprint density at radius 1 is 0.500 bits per heavy atom. The highest BCUT2D eigenvalue weighted by atomic mass is 16.5. The quantitative estimate of drug-likeness (QED) is 0.158. The van der Waals surface area contributed by atoms with Crippen LogP contribution in [0.3, 0.4) is 0 Å². The first-order chi connectivity index (χ1) is 13.9. The number of allylic oxidation sites excluding steroid dienone is 2. The molecule has 0 aliphatic rings. The fourth-order valence-electron chi connectivity index (χ4n) is 3.06. The second-order valence-corrected chi connectivity index (χ2v) is 7.50. The summed E-state index contributed by atoms with van der Waals surface area (Å²) >= 11 is 0. The molecule has 0 aliphatic carbocycles. The Morgan fingerprint density at radius 3 is 1.46 bits per heavy atom. The van der Waals surface area contributed by atoms with E-state index < -0.39 is 0 Å². The minimum atomic E-state index is 0.0689. The fourth-order valence-corrected chi connectivity index (χ4v) is 3.06. The molecule has 0 atom stereocenters. The topological polar surface area (TPSA) is 47.9 Å².